The zero-order valence-corrected chi connectivity index (χ0v) is 8.55. The fourth-order valence-electron chi connectivity index (χ4n) is 2.02. The standard InChI is InChI=1S/C9H16N2O2/c1-8(2)5-11-6(13-8)9(3,4)10-7(11)12/h6H,5H2,1-4H3,(H,10,12). The molecule has 2 heterocycles. The summed E-state index contributed by atoms with van der Waals surface area (Å²) in [6.45, 7) is 8.66. The number of hydrogen-bond donors (Lipinski definition) is 1. The third-order valence-corrected chi connectivity index (χ3v) is 2.57. The van der Waals surface area contributed by atoms with E-state index in [1.165, 1.54) is 0 Å². The first kappa shape index (κ1) is 8.81. The Hall–Kier alpha value is -0.770. The highest BCUT2D eigenvalue weighted by Crippen LogP contribution is 2.35. The summed E-state index contributed by atoms with van der Waals surface area (Å²) in [5.74, 6) is 0. The van der Waals surface area contributed by atoms with Gasteiger partial charge in [0.1, 0.15) is 0 Å². The predicted molar refractivity (Wildman–Crippen MR) is 48.3 cm³/mol. The lowest BCUT2D eigenvalue weighted by molar-refractivity contribution is -0.0535. The van der Waals surface area contributed by atoms with Crippen molar-refractivity contribution in [3.05, 3.63) is 0 Å². The van der Waals surface area contributed by atoms with Gasteiger partial charge in [-0.05, 0) is 27.7 Å². The van der Waals surface area contributed by atoms with E-state index in [0.717, 1.165) is 0 Å². The molecule has 2 rings (SSSR count). The second-order valence-electron chi connectivity index (χ2n) is 5.01. The maximum Gasteiger partial charge on any atom is 0.320 e. The largest absolute Gasteiger partial charge is 0.348 e. The van der Waals surface area contributed by atoms with Gasteiger partial charge >= 0.3 is 6.03 Å². The predicted octanol–water partition coefficient (Wildman–Crippen LogP) is 0.925. The smallest absolute Gasteiger partial charge is 0.320 e. The van der Waals surface area contributed by atoms with Crippen molar-refractivity contribution in [1.82, 2.24) is 10.2 Å². The highest BCUT2D eigenvalue weighted by Gasteiger charge is 2.54. The van der Waals surface area contributed by atoms with Crippen LogP contribution < -0.4 is 5.32 Å². The zero-order valence-electron chi connectivity index (χ0n) is 8.55. The minimum atomic E-state index is -0.273. The molecule has 0 aromatic rings. The Bertz CT molecular complexity index is 260. The molecule has 2 saturated heterocycles. The third-order valence-electron chi connectivity index (χ3n) is 2.57. The minimum absolute atomic E-state index is 0.0134. The number of ether oxygens (including phenoxy) is 1. The molecular formula is C9H16N2O2. The lowest BCUT2D eigenvalue weighted by Gasteiger charge is -2.26. The lowest BCUT2D eigenvalue weighted by atomic mass is 10.1. The van der Waals surface area contributed by atoms with E-state index in [1.807, 2.05) is 27.7 Å². The summed E-state index contributed by atoms with van der Waals surface area (Å²) in [7, 11) is 0. The van der Waals surface area contributed by atoms with E-state index in [9.17, 15) is 4.79 Å². The van der Waals surface area contributed by atoms with Crippen molar-refractivity contribution in [1.29, 1.82) is 0 Å². The average molecular weight is 184 g/mol. The van der Waals surface area contributed by atoms with Gasteiger partial charge in [0, 0.05) is 0 Å². The molecule has 13 heavy (non-hydrogen) atoms. The molecular weight excluding hydrogens is 168 g/mol. The summed E-state index contributed by atoms with van der Waals surface area (Å²) in [5.41, 5.74) is -0.482. The van der Waals surface area contributed by atoms with Gasteiger partial charge in [-0.25, -0.2) is 4.79 Å². The number of carbonyl (C=O) groups excluding carboxylic acids is 1. The molecule has 0 aromatic carbocycles. The summed E-state index contributed by atoms with van der Waals surface area (Å²) in [6.07, 6.45) is -0.116. The molecule has 1 N–H and O–H groups in total. The molecule has 0 aromatic heterocycles. The van der Waals surface area contributed by atoms with Crippen molar-refractivity contribution < 1.29 is 9.53 Å². The van der Waals surface area contributed by atoms with Crippen LogP contribution in [0.1, 0.15) is 27.7 Å². The van der Waals surface area contributed by atoms with Crippen LogP contribution in [0.3, 0.4) is 0 Å². The topological polar surface area (TPSA) is 41.6 Å². The molecule has 1 unspecified atom stereocenters. The number of amides is 2. The molecule has 0 aliphatic carbocycles. The van der Waals surface area contributed by atoms with E-state index in [2.05, 4.69) is 5.32 Å². The van der Waals surface area contributed by atoms with Crippen molar-refractivity contribution >= 4 is 6.03 Å². The second kappa shape index (κ2) is 2.18. The first-order valence-corrected chi connectivity index (χ1v) is 4.58. The van der Waals surface area contributed by atoms with Crippen LogP contribution in [0.15, 0.2) is 0 Å². The second-order valence-corrected chi connectivity index (χ2v) is 5.01. The van der Waals surface area contributed by atoms with E-state index in [4.69, 9.17) is 4.74 Å². The quantitative estimate of drug-likeness (QED) is 0.608. The molecule has 0 spiro atoms. The maximum absolute atomic E-state index is 11.5. The Morgan fingerprint density at radius 1 is 1.46 bits per heavy atom. The Kier molecular flexibility index (Phi) is 1.48. The number of nitrogens with zero attached hydrogens (tertiary/aromatic N) is 1. The number of urea groups is 1. The van der Waals surface area contributed by atoms with Crippen LogP contribution in [0.25, 0.3) is 0 Å². The number of fused-ring (bicyclic) bond motifs is 1. The maximum atomic E-state index is 11.5. The Balaban J connectivity index is 2.28. The van der Waals surface area contributed by atoms with Gasteiger partial charge in [-0.1, -0.05) is 0 Å². The van der Waals surface area contributed by atoms with Gasteiger partial charge in [0.25, 0.3) is 0 Å². The molecule has 2 aliphatic rings. The summed E-state index contributed by atoms with van der Waals surface area (Å²) < 4.78 is 5.80. The third kappa shape index (κ3) is 1.20. The lowest BCUT2D eigenvalue weighted by Crippen LogP contribution is -2.45. The summed E-state index contributed by atoms with van der Waals surface area (Å²) in [4.78, 5) is 13.3. The first-order valence-electron chi connectivity index (χ1n) is 4.58. The summed E-state index contributed by atoms with van der Waals surface area (Å²) in [5, 5.41) is 2.89. The Morgan fingerprint density at radius 2 is 2.08 bits per heavy atom. The summed E-state index contributed by atoms with van der Waals surface area (Å²) >= 11 is 0. The molecule has 2 aliphatic heterocycles. The van der Waals surface area contributed by atoms with Crippen molar-refractivity contribution in [2.75, 3.05) is 6.54 Å². The molecule has 0 radical (unpaired) electrons. The fraction of sp³-hybridized carbons (Fsp3) is 0.889. The van der Waals surface area contributed by atoms with Gasteiger partial charge in [0.15, 0.2) is 6.23 Å². The van der Waals surface area contributed by atoms with Gasteiger partial charge in [-0.2, -0.15) is 0 Å². The monoisotopic (exact) mass is 184 g/mol. The number of carbonyl (C=O) groups is 1. The van der Waals surface area contributed by atoms with Crippen molar-refractivity contribution in [3.8, 4) is 0 Å². The van der Waals surface area contributed by atoms with Crippen molar-refractivity contribution in [2.24, 2.45) is 0 Å². The van der Waals surface area contributed by atoms with Gasteiger partial charge in [-0.15, -0.1) is 0 Å². The fourth-order valence-corrected chi connectivity index (χ4v) is 2.02. The molecule has 1 atom stereocenters. The van der Waals surface area contributed by atoms with Gasteiger partial charge in [0.05, 0.1) is 17.7 Å². The van der Waals surface area contributed by atoms with E-state index in [0.29, 0.717) is 6.54 Å². The molecule has 2 fully saturated rings. The SMILES string of the molecule is CC1(C)CN2C(=O)NC(C)(C)C2O1. The first-order chi connectivity index (χ1) is 5.82. The molecule has 74 valence electrons. The van der Waals surface area contributed by atoms with Crippen LogP contribution in [0.4, 0.5) is 4.79 Å². The van der Waals surface area contributed by atoms with Crippen molar-refractivity contribution in [2.45, 2.75) is 45.1 Å². The van der Waals surface area contributed by atoms with E-state index >= 15 is 0 Å². The van der Waals surface area contributed by atoms with Gasteiger partial charge in [0.2, 0.25) is 0 Å². The molecule has 0 saturated carbocycles. The molecule has 0 bridgehead atoms. The highest BCUT2D eigenvalue weighted by molar-refractivity contribution is 5.78. The summed E-state index contributed by atoms with van der Waals surface area (Å²) in [6, 6.07) is -0.0134. The van der Waals surface area contributed by atoms with Gasteiger partial charge < -0.3 is 10.1 Å². The molecule has 4 heteroatoms. The van der Waals surface area contributed by atoms with Gasteiger partial charge in [-0.3, -0.25) is 4.90 Å². The van der Waals surface area contributed by atoms with Crippen LogP contribution in [-0.2, 0) is 4.74 Å². The van der Waals surface area contributed by atoms with E-state index in [1.54, 1.807) is 4.90 Å². The number of rotatable bonds is 0. The van der Waals surface area contributed by atoms with Crippen LogP contribution in [0.5, 0.6) is 0 Å². The highest BCUT2D eigenvalue weighted by atomic mass is 16.5. The van der Waals surface area contributed by atoms with Crippen LogP contribution in [0.2, 0.25) is 0 Å². The van der Waals surface area contributed by atoms with Crippen LogP contribution >= 0.6 is 0 Å². The van der Waals surface area contributed by atoms with Crippen molar-refractivity contribution in [3.63, 3.8) is 0 Å². The zero-order chi connectivity index (χ0) is 9.85. The minimum Gasteiger partial charge on any atom is -0.348 e. The Morgan fingerprint density at radius 3 is 2.62 bits per heavy atom. The van der Waals surface area contributed by atoms with Crippen LogP contribution in [-0.4, -0.2) is 34.8 Å². The normalized spacial score (nSPS) is 34.6. The van der Waals surface area contributed by atoms with Crippen LogP contribution in [0, 0.1) is 0 Å². The van der Waals surface area contributed by atoms with E-state index in [-0.39, 0.29) is 23.4 Å². The Labute approximate surface area is 78.2 Å². The molecule has 4 nitrogen and oxygen atoms in total. The van der Waals surface area contributed by atoms with E-state index < -0.39 is 0 Å². The average Bonchev–Trinajstić information content (AvgIpc) is 2.32. The number of nitrogens with one attached hydrogen (secondary N) is 1. The number of hydrogen-bond acceptors (Lipinski definition) is 2. The molecule has 2 amide bonds.